The van der Waals surface area contributed by atoms with E-state index in [1.54, 1.807) is 11.3 Å². The van der Waals surface area contributed by atoms with Crippen LogP contribution in [0.4, 0.5) is 13.2 Å². The Labute approximate surface area is 123 Å². The molecule has 1 aliphatic rings. The normalized spacial score (nSPS) is 21.2. The fourth-order valence-corrected chi connectivity index (χ4v) is 3.54. The smallest absolute Gasteiger partial charge is 0.312 e. The molecule has 1 N–H and O–H groups in total. The van der Waals surface area contributed by atoms with Crippen molar-refractivity contribution in [3.05, 3.63) is 20.8 Å². The standard InChI is InChI=1S/C12H16BrF3N2S/c13-11-3-10(7-19-11)5-17-4-9-1-2-18(6-9)8-12(14,15)16/h3,7,9,17H,1-2,4-6,8H2. The molecule has 7 heteroatoms. The molecule has 1 atom stereocenters. The van der Waals surface area contributed by atoms with E-state index in [0.717, 1.165) is 23.3 Å². The molecule has 2 heterocycles. The van der Waals surface area contributed by atoms with Crippen molar-refractivity contribution in [2.24, 2.45) is 5.92 Å². The van der Waals surface area contributed by atoms with Gasteiger partial charge in [0, 0.05) is 13.1 Å². The number of rotatable bonds is 5. The van der Waals surface area contributed by atoms with Crippen molar-refractivity contribution < 1.29 is 13.2 Å². The van der Waals surface area contributed by atoms with Crippen LogP contribution in [-0.4, -0.2) is 37.3 Å². The molecule has 1 aromatic rings. The van der Waals surface area contributed by atoms with Gasteiger partial charge in [-0.15, -0.1) is 11.3 Å². The van der Waals surface area contributed by atoms with Gasteiger partial charge < -0.3 is 5.32 Å². The number of likely N-dealkylation sites (tertiary alicyclic amines) is 1. The topological polar surface area (TPSA) is 15.3 Å². The number of hydrogen-bond acceptors (Lipinski definition) is 3. The molecular formula is C12H16BrF3N2S. The van der Waals surface area contributed by atoms with Crippen LogP contribution in [0.1, 0.15) is 12.0 Å². The number of thiophene rings is 1. The van der Waals surface area contributed by atoms with Crippen LogP contribution in [-0.2, 0) is 6.54 Å². The second kappa shape index (κ2) is 6.56. The molecule has 0 saturated carbocycles. The van der Waals surface area contributed by atoms with Gasteiger partial charge in [-0.1, -0.05) is 0 Å². The molecule has 1 saturated heterocycles. The Morgan fingerprint density at radius 3 is 2.89 bits per heavy atom. The lowest BCUT2D eigenvalue weighted by Crippen LogP contribution is -2.33. The molecule has 0 aliphatic carbocycles. The number of alkyl halides is 3. The van der Waals surface area contributed by atoms with E-state index in [0.29, 0.717) is 19.0 Å². The third kappa shape index (κ3) is 5.41. The lowest BCUT2D eigenvalue weighted by molar-refractivity contribution is -0.143. The molecule has 0 aromatic carbocycles. The first-order valence-corrected chi connectivity index (χ1v) is 7.82. The highest BCUT2D eigenvalue weighted by molar-refractivity contribution is 9.11. The van der Waals surface area contributed by atoms with Gasteiger partial charge in [0.1, 0.15) is 0 Å². The summed E-state index contributed by atoms with van der Waals surface area (Å²) in [6.45, 7) is 1.87. The van der Waals surface area contributed by atoms with E-state index in [4.69, 9.17) is 0 Å². The molecule has 0 spiro atoms. The van der Waals surface area contributed by atoms with E-state index in [1.165, 1.54) is 10.5 Å². The zero-order valence-corrected chi connectivity index (χ0v) is 12.7. The van der Waals surface area contributed by atoms with Gasteiger partial charge in [-0.3, -0.25) is 4.90 Å². The van der Waals surface area contributed by atoms with Crippen molar-refractivity contribution in [2.75, 3.05) is 26.2 Å². The summed E-state index contributed by atoms with van der Waals surface area (Å²) in [7, 11) is 0. The van der Waals surface area contributed by atoms with Crippen molar-refractivity contribution in [1.82, 2.24) is 10.2 Å². The first-order chi connectivity index (χ1) is 8.92. The van der Waals surface area contributed by atoms with Crippen LogP contribution in [0, 0.1) is 5.92 Å². The zero-order chi connectivity index (χ0) is 13.9. The van der Waals surface area contributed by atoms with E-state index in [-0.39, 0.29) is 0 Å². The van der Waals surface area contributed by atoms with Crippen LogP contribution in [0.5, 0.6) is 0 Å². The maximum Gasteiger partial charge on any atom is 0.401 e. The third-order valence-electron chi connectivity index (χ3n) is 3.16. The Balaban J connectivity index is 1.65. The van der Waals surface area contributed by atoms with E-state index < -0.39 is 12.7 Å². The van der Waals surface area contributed by atoms with Crippen molar-refractivity contribution in [3.8, 4) is 0 Å². The summed E-state index contributed by atoms with van der Waals surface area (Å²) in [5.74, 6) is 0.324. The average Bonchev–Trinajstić information content (AvgIpc) is 2.86. The lowest BCUT2D eigenvalue weighted by atomic mass is 10.1. The maximum absolute atomic E-state index is 12.2. The zero-order valence-electron chi connectivity index (χ0n) is 10.3. The van der Waals surface area contributed by atoms with Gasteiger partial charge in [0.05, 0.1) is 10.3 Å². The highest BCUT2D eigenvalue weighted by atomic mass is 79.9. The molecule has 2 nitrogen and oxygen atoms in total. The summed E-state index contributed by atoms with van der Waals surface area (Å²) in [6.07, 6.45) is -3.23. The first kappa shape index (κ1) is 15.3. The fourth-order valence-electron chi connectivity index (χ4n) is 2.34. The van der Waals surface area contributed by atoms with E-state index in [9.17, 15) is 13.2 Å². The SMILES string of the molecule is FC(F)(F)CN1CCC(CNCc2csc(Br)c2)C1. The molecule has 0 radical (unpaired) electrons. The summed E-state index contributed by atoms with van der Waals surface area (Å²) in [5.41, 5.74) is 1.21. The summed E-state index contributed by atoms with van der Waals surface area (Å²) in [4.78, 5) is 1.49. The molecule has 1 fully saturated rings. The van der Waals surface area contributed by atoms with Gasteiger partial charge in [-0.25, -0.2) is 0 Å². The highest BCUT2D eigenvalue weighted by Crippen LogP contribution is 2.23. The van der Waals surface area contributed by atoms with Gasteiger partial charge in [-0.2, -0.15) is 13.2 Å². The quantitative estimate of drug-likeness (QED) is 0.868. The Morgan fingerprint density at radius 2 is 2.26 bits per heavy atom. The summed E-state index contributed by atoms with van der Waals surface area (Å²) >= 11 is 5.04. The Morgan fingerprint density at radius 1 is 1.47 bits per heavy atom. The minimum Gasteiger partial charge on any atom is -0.312 e. The first-order valence-electron chi connectivity index (χ1n) is 6.15. The number of nitrogens with one attached hydrogen (secondary N) is 1. The van der Waals surface area contributed by atoms with Gasteiger partial charge >= 0.3 is 6.18 Å². The van der Waals surface area contributed by atoms with Crippen LogP contribution in [0.2, 0.25) is 0 Å². The van der Waals surface area contributed by atoms with Crippen LogP contribution < -0.4 is 5.32 Å². The van der Waals surface area contributed by atoms with Crippen LogP contribution in [0.25, 0.3) is 0 Å². The summed E-state index contributed by atoms with van der Waals surface area (Å²) < 4.78 is 37.8. The Bertz CT molecular complexity index is 408. The molecule has 108 valence electrons. The largest absolute Gasteiger partial charge is 0.401 e. The monoisotopic (exact) mass is 356 g/mol. The van der Waals surface area contributed by atoms with Crippen molar-refractivity contribution in [1.29, 1.82) is 0 Å². The second-order valence-corrected chi connectivity index (χ2v) is 7.19. The van der Waals surface area contributed by atoms with Gasteiger partial charge in [0.15, 0.2) is 0 Å². The third-order valence-corrected chi connectivity index (χ3v) is 4.71. The molecule has 2 rings (SSSR count). The predicted octanol–water partition coefficient (Wildman–Crippen LogP) is 3.48. The molecule has 1 aliphatic heterocycles. The minimum absolute atomic E-state index is 0.324. The van der Waals surface area contributed by atoms with Crippen molar-refractivity contribution >= 4 is 27.3 Å². The number of hydrogen-bond donors (Lipinski definition) is 1. The maximum atomic E-state index is 12.2. The fraction of sp³-hybridized carbons (Fsp3) is 0.667. The lowest BCUT2D eigenvalue weighted by Gasteiger charge is -2.17. The second-order valence-electron chi connectivity index (χ2n) is 4.89. The van der Waals surface area contributed by atoms with Gasteiger partial charge in [-0.05, 0) is 58.4 Å². The molecule has 1 unspecified atom stereocenters. The molecule has 1 aromatic heterocycles. The van der Waals surface area contributed by atoms with Gasteiger partial charge in [0.25, 0.3) is 0 Å². The molecule has 0 amide bonds. The van der Waals surface area contributed by atoms with Gasteiger partial charge in [0.2, 0.25) is 0 Å². The van der Waals surface area contributed by atoms with E-state index >= 15 is 0 Å². The van der Waals surface area contributed by atoms with Crippen molar-refractivity contribution in [3.63, 3.8) is 0 Å². The predicted molar refractivity (Wildman–Crippen MR) is 74.3 cm³/mol. The molecule has 19 heavy (non-hydrogen) atoms. The molecule has 0 bridgehead atoms. The highest BCUT2D eigenvalue weighted by Gasteiger charge is 2.34. The minimum atomic E-state index is -4.08. The summed E-state index contributed by atoms with van der Waals surface area (Å²) in [5, 5.41) is 5.39. The number of halogens is 4. The van der Waals surface area contributed by atoms with E-state index in [2.05, 4.69) is 32.7 Å². The Kier molecular flexibility index (Phi) is 5.28. The van der Waals surface area contributed by atoms with Crippen molar-refractivity contribution in [2.45, 2.75) is 19.1 Å². The Hall–Kier alpha value is -0.110. The number of nitrogens with zero attached hydrogens (tertiary/aromatic N) is 1. The molecular weight excluding hydrogens is 341 g/mol. The van der Waals surface area contributed by atoms with Crippen LogP contribution in [0.15, 0.2) is 15.2 Å². The van der Waals surface area contributed by atoms with Crippen LogP contribution in [0.3, 0.4) is 0 Å². The summed E-state index contributed by atoms with van der Waals surface area (Å²) in [6, 6.07) is 2.06. The van der Waals surface area contributed by atoms with E-state index in [1.807, 2.05) is 0 Å². The van der Waals surface area contributed by atoms with Crippen LogP contribution >= 0.6 is 27.3 Å². The average molecular weight is 357 g/mol.